The van der Waals surface area contributed by atoms with Crippen molar-refractivity contribution in [2.75, 3.05) is 0 Å². The highest BCUT2D eigenvalue weighted by molar-refractivity contribution is 5.95. The summed E-state index contributed by atoms with van der Waals surface area (Å²) < 4.78 is 0. The van der Waals surface area contributed by atoms with E-state index in [9.17, 15) is 0 Å². The molecule has 0 saturated carbocycles. The van der Waals surface area contributed by atoms with Crippen LogP contribution in [0.25, 0.3) is 33.4 Å². The molecular weight excluding hydrogens is 300 g/mol. The third-order valence-electron chi connectivity index (χ3n) is 4.83. The quantitative estimate of drug-likeness (QED) is 0.350. The topological polar surface area (TPSA) is 0 Å². The first kappa shape index (κ1) is 14.2. The van der Waals surface area contributed by atoms with Crippen molar-refractivity contribution in [3.63, 3.8) is 0 Å². The first-order valence-electron chi connectivity index (χ1n) is 8.56. The van der Waals surface area contributed by atoms with Crippen LogP contribution in [0.15, 0.2) is 97.1 Å². The molecule has 2 radical (unpaired) electrons. The summed E-state index contributed by atoms with van der Waals surface area (Å²) in [5.74, 6) is 0. The van der Waals surface area contributed by atoms with Crippen molar-refractivity contribution in [2.45, 2.75) is 0 Å². The zero-order valence-corrected chi connectivity index (χ0v) is 13.7. The van der Waals surface area contributed by atoms with E-state index in [1.165, 1.54) is 44.5 Å². The third-order valence-corrected chi connectivity index (χ3v) is 4.83. The van der Waals surface area contributed by atoms with E-state index in [1.807, 2.05) is 0 Å². The Morgan fingerprint density at radius 3 is 1.80 bits per heavy atom. The Morgan fingerprint density at radius 2 is 1.04 bits per heavy atom. The molecule has 0 amide bonds. The molecular formula is C25H16. The summed E-state index contributed by atoms with van der Waals surface area (Å²) >= 11 is 0. The van der Waals surface area contributed by atoms with Crippen molar-refractivity contribution in [2.24, 2.45) is 0 Å². The molecule has 0 spiro atoms. The van der Waals surface area contributed by atoms with Crippen LogP contribution in [-0.2, 0) is 0 Å². The van der Waals surface area contributed by atoms with E-state index in [0.29, 0.717) is 0 Å². The summed E-state index contributed by atoms with van der Waals surface area (Å²) in [6.45, 7) is 0. The van der Waals surface area contributed by atoms with Crippen LogP contribution < -0.4 is 0 Å². The fourth-order valence-electron chi connectivity index (χ4n) is 3.68. The van der Waals surface area contributed by atoms with Crippen molar-refractivity contribution >= 4 is 0 Å². The Morgan fingerprint density at radius 1 is 0.440 bits per heavy atom. The second-order valence-electron chi connectivity index (χ2n) is 6.31. The average molecular weight is 316 g/mol. The van der Waals surface area contributed by atoms with E-state index >= 15 is 0 Å². The monoisotopic (exact) mass is 316 g/mol. The van der Waals surface area contributed by atoms with E-state index in [4.69, 9.17) is 0 Å². The SMILES string of the molecule is [C]1c2ccccc2-c2ccc(-c3ccccc3)c(-c3ccccc3)c21. The van der Waals surface area contributed by atoms with Gasteiger partial charge in [-0.2, -0.15) is 0 Å². The summed E-state index contributed by atoms with van der Waals surface area (Å²) in [5.41, 5.74) is 9.92. The standard InChI is InChI=1S/C25H16/c1-3-9-18(10-4-1)22-15-16-23-21-14-8-7-13-20(21)17-24(23)25(22)19-11-5-2-6-12-19/h1-16H. The van der Waals surface area contributed by atoms with Gasteiger partial charge < -0.3 is 0 Å². The highest BCUT2D eigenvalue weighted by Crippen LogP contribution is 2.46. The van der Waals surface area contributed by atoms with Crippen LogP contribution in [0.2, 0.25) is 0 Å². The fraction of sp³-hybridized carbons (Fsp3) is 0. The molecule has 0 saturated heterocycles. The molecule has 5 rings (SSSR count). The fourth-order valence-corrected chi connectivity index (χ4v) is 3.68. The second-order valence-corrected chi connectivity index (χ2v) is 6.31. The molecule has 0 aliphatic heterocycles. The zero-order chi connectivity index (χ0) is 16.6. The van der Waals surface area contributed by atoms with Gasteiger partial charge in [-0.15, -0.1) is 0 Å². The van der Waals surface area contributed by atoms with Crippen LogP contribution in [-0.4, -0.2) is 0 Å². The highest BCUT2D eigenvalue weighted by Gasteiger charge is 2.24. The minimum Gasteiger partial charge on any atom is -0.0622 e. The number of hydrogen-bond acceptors (Lipinski definition) is 0. The smallest absolute Gasteiger partial charge is 0.0521 e. The summed E-state index contributed by atoms with van der Waals surface area (Å²) in [6.07, 6.45) is 3.66. The van der Waals surface area contributed by atoms with Gasteiger partial charge in [0.1, 0.15) is 0 Å². The van der Waals surface area contributed by atoms with Crippen LogP contribution in [0.3, 0.4) is 0 Å². The third kappa shape index (κ3) is 2.30. The molecule has 4 aromatic carbocycles. The Bertz CT molecular complexity index is 1040. The van der Waals surface area contributed by atoms with Gasteiger partial charge in [-0.1, -0.05) is 97.1 Å². The second kappa shape index (κ2) is 5.75. The molecule has 1 aliphatic rings. The van der Waals surface area contributed by atoms with Gasteiger partial charge in [-0.3, -0.25) is 0 Å². The van der Waals surface area contributed by atoms with Gasteiger partial charge in [0, 0.05) is 0 Å². The molecule has 0 heterocycles. The minimum absolute atomic E-state index is 1.18. The zero-order valence-electron chi connectivity index (χ0n) is 13.7. The molecule has 0 unspecified atom stereocenters. The lowest BCUT2D eigenvalue weighted by Crippen LogP contribution is -1.91. The van der Waals surface area contributed by atoms with Gasteiger partial charge >= 0.3 is 0 Å². The number of fused-ring (bicyclic) bond motifs is 3. The maximum atomic E-state index is 3.66. The van der Waals surface area contributed by atoms with Crippen molar-refractivity contribution in [1.29, 1.82) is 0 Å². The Balaban J connectivity index is 1.82. The number of rotatable bonds is 2. The molecule has 4 aromatic rings. The Kier molecular flexibility index (Phi) is 3.28. The molecule has 0 nitrogen and oxygen atoms in total. The molecule has 0 bridgehead atoms. The first-order chi connectivity index (χ1) is 12.4. The molecule has 0 aromatic heterocycles. The normalized spacial score (nSPS) is 11.8. The summed E-state index contributed by atoms with van der Waals surface area (Å²) in [6, 6.07) is 34.3. The molecule has 0 N–H and O–H groups in total. The highest BCUT2D eigenvalue weighted by atomic mass is 14.3. The minimum atomic E-state index is 1.18. The number of hydrogen-bond donors (Lipinski definition) is 0. The lowest BCUT2D eigenvalue weighted by Gasteiger charge is -2.15. The van der Waals surface area contributed by atoms with Crippen LogP contribution in [0.5, 0.6) is 0 Å². The van der Waals surface area contributed by atoms with E-state index in [1.54, 1.807) is 0 Å². The van der Waals surface area contributed by atoms with Crippen molar-refractivity contribution in [3.05, 3.63) is 115 Å². The summed E-state index contributed by atoms with van der Waals surface area (Å²) in [5, 5.41) is 0. The van der Waals surface area contributed by atoms with E-state index < -0.39 is 0 Å². The molecule has 25 heavy (non-hydrogen) atoms. The molecule has 1 aliphatic carbocycles. The van der Waals surface area contributed by atoms with Crippen molar-refractivity contribution in [1.82, 2.24) is 0 Å². The lowest BCUT2D eigenvalue weighted by molar-refractivity contribution is 1.51. The maximum Gasteiger partial charge on any atom is 0.0521 e. The maximum absolute atomic E-state index is 3.66. The first-order valence-corrected chi connectivity index (χ1v) is 8.56. The van der Waals surface area contributed by atoms with Gasteiger partial charge in [0.05, 0.1) is 6.42 Å². The predicted octanol–water partition coefficient (Wildman–Crippen LogP) is 6.48. The van der Waals surface area contributed by atoms with Crippen LogP contribution in [0, 0.1) is 6.42 Å². The summed E-state index contributed by atoms with van der Waals surface area (Å²) in [4.78, 5) is 0. The largest absolute Gasteiger partial charge is 0.0622 e. The van der Waals surface area contributed by atoms with Gasteiger partial charge in [0.2, 0.25) is 0 Å². The van der Waals surface area contributed by atoms with E-state index in [-0.39, 0.29) is 0 Å². The molecule has 0 atom stereocenters. The van der Waals surface area contributed by atoms with Crippen molar-refractivity contribution in [3.8, 4) is 33.4 Å². The predicted molar refractivity (Wildman–Crippen MR) is 104 cm³/mol. The Hall–Kier alpha value is -3.12. The van der Waals surface area contributed by atoms with Gasteiger partial charge in [-0.05, 0) is 44.5 Å². The Labute approximate surface area is 148 Å². The van der Waals surface area contributed by atoms with Gasteiger partial charge in [0.15, 0.2) is 0 Å². The molecule has 0 heteroatoms. The average Bonchev–Trinajstić information content (AvgIpc) is 3.07. The lowest BCUT2D eigenvalue weighted by atomic mass is 9.88. The van der Waals surface area contributed by atoms with Gasteiger partial charge in [0.25, 0.3) is 0 Å². The number of benzene rings is 4. The van der Waals surface area contributed by atoms with E-state index in [0.717, 1.165) is 0 Å². The van der Waals surface area contributed by atoms with Gasteiger partial charge in [-0.25, -0.2) is 0 Å². The van der Waals surface area contributed by atoms with E-state index in [2.05, 4.69) is 103 Å². The summed E-state index contributed by atoms with van der Waals surface area (Å²) in [7, 11) is 0. The van der Waals surface area contributed by atoms with Crippen LogP contribution >= 0.6 is 0 Å². The van der Waals surface area contributed by atoms with Crippen molar-refractivity contribution < 1.29 is 0 Å². The molecule has 116 valence electrons. The molecule has 0 fully saturated rings. The van der Waals surface area contributed by atoms with Crippen LogP contribution in [0.1, 0.15) is 11.1 Å². The van der Waals surface area contributed by atoms with Crippen LogP contribution in [0.4, 0.5) is 0 Å².